The van der Waals surface area contributed by atoms with Gasteiger partial charge in [-0.15, -0.1) is 0 Å². The average Bonchev–Trinajstić information content (AvgIpc) is 2.82. The third-order valence-electron chi connectivity index (χ3n) is 4.63. The molecule has 0 aromatic carbocycles. The van der Waals surface area contributed by atoms with Crippen LogP contribution in [0.5, 0.6) is 0 Å². The van der Waals surface area contributed by atoms with E-state index in [9.17, 15) is 14.4 Å². The number of nitrogens with one attached hydrogen (secondary N) is 1. The molecule has 0 heterocycles. The summed E-state index contributed by atoms with van der Waals surface area (Å²) in [5.74, 6) is 2.03. The Morgan fingerprint density at radius 2 is 0.875 bits per heavy atom. The summed E-state index contributed by atoms with van der Waals surface area (Å²) in [6.45, 7) is 49.1. The minimum absolute atomic E-state index is 0.00704. The highest BCUT2D eigenvalue weighted by Crippen LogP contribution is 2.15. The lowest BCUT2D eigenvalue weighted by atomic mass is 10.0. The summed E-state index contributed by atoms with van der Waals surface area (Å²) in [6, 6.07) is 0.264. The van der Waals surface area contributed by atoms with Crippen LogP contribution in [0.25, 0.3) is 0 Å². The van der Waals surface area contributed by atoms with Crippen molar-refractivity contribution in [2.45, 2.75) is 213 Å². The zero-order valence-electron chi connectivity index (χ0n) is 36.5. The molecule has 0 aliphatic carbocycles. The third-order valence-corrected chi connectivity index (χ3v) is 6.90. The predicted octanol–water partition coefficient (Wildman–Crippen LogP) is 12.1. The van der Waals surface area contributed by atoms with Crippen molar-refractivity contribution in [2.75, 3.05) is 0 Å². The molecule has 0 saturated heterocycles. The van der Waals surface area contributed by atoms with Crippen LogP contribution in [-0.4, -0.2) is 57.1 Å². The van der Waals surface area contributed by atoms with Gasteiger partial charge in [-0.25, -0.2) is 0 Å². The van der Waals surface area contributed by atoms with Gasteiger partial charge in [0, 0.05) is 23.1 Å². The number of rotatable bonds is 12. The topological polar surface area (TPSA) is 81.7 Å². The van der Waals surface area contributed by atoms with Crippen molar-refractivity contribution in [3.05, 3.63) is 0 Å². The molecule has 0 rings (SSSR count). The molecule has 8 heteroatoms. The number of hydrogen-bond donors (Lipinski definition) is 1. The Labute approximate surface area is 311 Å². The Morgan fingerprint density at radius 3 is 0.938 bits per heavy atom. The van der Waals surface area contributed by atoms with Crippen LogP contribution < -0.4 is 5.32 Å². The Kier molecular flexibility index (Phi) is 46.4. The fourth-order valence-electron chi connectivity index (χ4n) is 3.22. The first-order valence-corrected chi connectivity index (χ1v) is 20.3. The van der Waals surface area contributed by atoms with Gasteiger partial charge in [0.2, 0.25) is 5.91 Å². The van der Waals surface area contributed by atoms with Gasteiger partial charge in [-0.05, 0) is 84.1 Å². The number of amides is 1. The van der Waals surface area contributed by atoms with Crippen LogP contribution in [0.2, 0.25) is 0 Å². The predicted molar refractivity (Wildman–Crippen MR) is 220 cm³/mol. The van der Waals surface area contributed by atoms with Gasteiger partial charge in [0.15, 0.2) is 5.12 Å². The Morgan fingerprint density at radius 1 is 0.500 bits per heavy atom. The number of ether oxygens (including phenoxy) is 2. The molecule has 0 aromatic heterocycles. The first-order valence-electron chi connectivity index (χ1n) is 18.5. The van der Waals surface area contributed by atoms with Gasteiger partial charge < -0.3 is 14.8 Å². The van der Waals surface area contributed by atoms with E-state index in [1.165, 1.54) is 18.2 Å². The van der Waals surface area contributed by atoms with E-state index in [0.29, 0.717) is 22.6 Å². The molecule has 0 bridgehead atoms. The molecule has 0 fully saturated rings. The highest BCUT2D eigenvalue weighted by Gasteiger charge is 2.10. The molecule has 0 atom stereocenters. The van der Waals surface area contributed by atoms with Crippen LogP contribution in [0.4, 0.5) is 0 Å². The first-order chi connectivity index (χ1) is 21.5. The van der Waals surface area contributed by atoms with Gasteiger partial charge in [0.05, 0.1) is 24.2 Å². The molecule has 0 unspecified atom stereocenters. The SMILES string of the molecule is CC(C)CC(C)C.CC(C)NC(=O)C(C)C.CC(C)OC(=O)C(C)C.CC(C)OC(C)C.CC(C)SC(=O)C(C)C.CC(C)SC(C)C. The molecular formula is C40H87NO5S2. The highest BCUT2D eigenvalue weighted by molar-refractivity contribution is 8.14. The number of hydrogen-bond acceptors (Lipinski definition) is 7. The molecule has 6 nitrogen and oxygen atoms in total. The molecule has 48 heavy (non-hydrogen) atoms. The monoisotopic (exact) mass is 726 g/mol. The lowest BCUT2D eigenvalue weighted by Gasteiger charge is -2.09. The number of carbonyl (C=O) groups excluding carboxylic acids is 3. The quantitative estimate of drug-likeness (QED) is 0.201. The van der Waals surface area contributed by atoms with E-state index in [0.717, 1.165) is 22.3 Å². The fraction of sp³-hybridized carbons (Fsp3) is 0.925. The minimum atomic E-state index is -0.120. The van der Waals surface area contributed by atoms with Crippen molar-refractivity contribution in [3.8, 4) is 0 Å². The van der Waals surface area contributed by atoms with Gasteiger partial charge in [-0.3, -0.25) is 14.4 Å². The summed E-state index contributed by atoms with van der Waals surface area (Å²) < 4.78 is 10.1. The van der Waals surface area contributed by atoms with Gasteiger partial charge in [0.1, 0.15) is 0 Å². The van der Waals surface area contributed by atoms with Crippen molar-refractivity contribution in [3.63, 3.8) is 0 Å². The van der Waals surface area contributed by atoms with E-state index in [1.807, 2.05) is 123 Å². The van der Waals surface area contributed by atoms with E-state index < -0.39 is 0 Å². The minimum Gasteiger partial charge on any atom is -0.463 e. The standard InChI is InChI=1S/C7H15NO.C7H14O2.C7H14OS.C7H16.C6H14O.C6H14S/c1-5(2)7(9)8-6(3)4;2*1-5(2)7(8)9-6(3)4;1-6(2)5-7(3)4;2*1-5(2)7-6(3)4/h5-6H,1-4H3,(H,8,9);2*5-6H,1-4H3;6-7H,5H2,1-4H3;2*5-6H,1-4H3. The highest BCUT2D eigenvalue weighted by atomic mass is 32.2. The Bertz CT molecular complexity index is 601. The van der Waals surface area contributed by atoms with Crippen molar-refractivity contribution < 1.29 is 23.9 Å². The Hall–Kier alpha value is -0.730. The zero-order chi connectivity index (χ0) is 39.9. The largest absolute Gasteiger partial charge is 0.463 e. The molecule has 1 N–H and O–H groups in total. The van der Waals surface area contributed by atoms with Crippen molar-refractivity contribution in [1.82, 2.24) is 5.32 Å². The summed E-state index contributed by atoms with van der Waals surface area (Å²) in [5, 5.41) is 5.11. The summed E-state index contributed by atoms with van der Waals surface area (Å²) in [5.41, 5.74) is 0. The van der Waals surface area contributed by atoms with Crippen LogP contribution in [-0.2, 0) is 23.9 Å². The maximum Gasteiger partial charge on any atom is 0.308 e. The molecule has 0 radical (unpaired) electrons. The van der Waals surface area contributed by atoms with E-state index in [2.05, 4.69) is 60.7 Å². The molecule has 0 saturated carbocycles. The molecule has 294 valence electrons. The molecular weight excluding hydrogens is 639 g/mol. The maximum atomic E-state index is 10.9. The smallest absolute Gasteiger partial charge is 0.308 e. The number of esters is 1. The molecule has 0 aliphatic heterocycles. The Balaban J connectivity index is -0.000000111. The van der Waals surface area contributed by atoms with Gasteiger partial charge in [0.25, 0.3) is 0 Å². The van der Waals surface area contributed by atoms with Crippen LogP contribution in [0.15, 0.2) is 0 Å². The fourth-order valence-corrected chi connectivity index (χ4v) is 5.04. The molecule has 0 aromatic rings. The first kappa shape index (κ1) is 59.4. The maximum absolute atomic E-state index is 10.9. The van der Waals surface area contributed by atoms with E-state index in [1.54, 1.807) is 0 Å². The lowest BCUT2D eigenvalue weighted by molar-refractivity contribution is -0.151. The van der Waals surface area contributed by atoms with Crippen LogP contribution in [0.3, 0.4) is 0 Å². The van der Waals surface area contributed by atoms with E-state index >= 15 is 0 Å². The summed E-state index contributed by atoms with van der Waals surface area (Å²) >= 11 is 3.43. The second-order valence-corrected chi connectivity index (χ2v) is 19.3. The van der Waals surface area contributed by atoms with Crippen molar-refractivity contribution in [1.29, 1.82) is 0 Å². The summed E-state index contributed by atoms with van der Waals surface area (Å²) in [4.78, 5) is 32.5. The third kappa shape index (κ3) is 71.3. The van der Waals surface area contributed by atoms with E-state index in [4.69, 9.17) is 9.47 Å². The molecule has 0 spiro atoms. The van der Waals surface area contributed by atoms with Crippen LogP contribution in [0.1, 0.15) is 173 Å². The normalized spacial score (nSPS) is 10.8. The van der Waals surface area contributed by atoms with Crippen molar-refractivity contribution >= 4 is 40.5 Å². The summed E-state index contributed by atoms with van der Waals surface area (Å²) in [6.07, 6.45) is 2.12. The number of carbonyl (C=O) groups is 3. The molecule has 1 amide bonds. The van der Waals surface area contributed by atoms with E-state index in [-0.39, 0.29) is 41.8 Å². The second kappa shape index (κ2) is 37.5. The van der Waals surface area contributed by atoms with Gasteiger partial charge in [-0.1, -0.05) is 123 Å². The average molecular weight is 726 g/mol. The molecule has 0 aliphatic rings. The lowest BCUT2D eigenvalue weighted by Crippen LogP contribution is -2.33. The number of thioether (sulfide) groups is 2. The van der Waals surface area contributed by atoms with Gasteiger partial charge >= 0.3 is 5.97 Å². The van der Waals surface area contributed by atoms with Gasteiger partial charge in [-0.2, -0.15) is 11.8 Å². The zero-order valence-corrected chi connectivity index (χ0v) is 38.1. The second-order valence-electron chi connectivity index (χ2n) is 15.6. The van der Waals surface area contributed by atoms with Crippen LogP contribution in [0, 0.1) is 29.6 Å². The van der Waals surface area contributed by atoms with Crippen molar-refractivity contribution in [2.24, 2.45) is 29.6 Å². The van der Waals surface area contributed by atoms with Crippen LogP contribution >= 0.6 is 23.5 Å². The summed E-state index contributed by atoms with van der Waals surface area (Å²) in [7, 11) is 0.